The molecule has 0 aromatic heterocycles. The summed E-state index contributed by atoms with van der Waals surface area (Å²) in [6.45, 7) is 4.30. The minimum Gasteiger partial charge on any atom is -0.377 e. The number of nitrogens with one attached hydrogen (secondary N) is 1. The lowest BCUT2D eigenvalue weighted by Crippen LogP contribution is -2.55. The summed E-state index contributed by atoms with van der Waals surface area (Å²) in [5, 5.41) is 0. The molecule has 1 rings (SSSR count). The fourth-order valence-corrected chi connectivity index (χ4v) is 2.59. The van der Waals surface area contributed by atoms with E-state index in [4.69, 9.17) is 10.6 Å². The molecule has 2 atom stereocenters. The third-order valence-electron chi connectivity index (χ3n) is 3.88. The molecule has 1 aliphatic rings. The van der Waals surface area contributed by atoms with Crippen molar-refractivity contribution in [3.05, 3.63) is 0 Å². The van der Waals surface area contributed by atoms with E-state index in [0.717, 1.165) is 6.42 Å². The Morgan fingerprint density at radius 1 is 1.50 bits per heavy atom. The smallest absolute Gasteiger partial charge is 0.0816 e. The molecule has 0 aromatic carbocycles. The van der Waals surface area contributed by atoms with E-state index in [1.165, 1.54) is 25.7 Å². The molecule has 2 unspecified atom stereocenters. The van der Waals surface area contributed by atoms with Crippen LogP contribution in [0.25, 0.3) is 0 Å². The van der Waals surface area contributed by atoms with E-state index in [2.05, 4.69) is 19.3 Å². The average molecular weight is 200 g/mol. The molecule has 1 saturated carbocycles. The molecule has 0 spiro atoms. The number of rotatable bonds is 5. The summed E-state index contributed by atoms with van der Waals surface area (Å²) in [6.07, 6.45) is 6.25. The third kappa shape index (κ3) is 2.27. The van der Waals surface area contributed by atoms with Crippen molar-refractivity contribution >= 4 is 0 Å². The molecule has 3 nitrogen and oxygen atoms in total. The van der Waals surface area contributed by atoms with Crippen LogP contribution in [0.3, 0.4) is 0 Å². The zero-order valence-corrected chi connectivity index (χ0v) is 9.68. The molecule has 1 aliphatic carbocycles. The highest BCUT2D eigenvalue weighted by atomic mass is 16.5. The SMILES string of the molecule is CCC(C)(OC)C(NN)C1CCCC1. The number of ether oxygens (including phenoxy) is 1. The highest BCUT2D eigenvalue weighted by Crippen LogP contribution is 2.34. The fraction of sp³-hybridized carbons (Fsp3) is 1.00. The van der Waals surface area contributed by atoms with Crippen LogP contribution < -0.4 is 11.3 Å². The van der Waals surface area contributed by atoms with Gasteiger partial charge in [0.25, 0.3) is 0 Å². The van der Waals surface area contributed by atoms with E-state index >= 15 is 0 Å². The molecule has 1 fully saturated rings. The molecular formula is C11H24N2O. The summed E-state index contributed by atoms with van der Waals surface area (Å²) in [5.41, 5.74) is 2.84. The Balaban J connectivity index is 2.67. The van der Waals surface area contributed by atoms with Gasteiger partial charge in [-0.3, -0.25) is 11.3 Å². The maximum Gasteiger partial charge on any atom is 0.0816 e. The maximum absolute atomic E-state index is 5.66. The van der Waals surface area contributed by atoms with E-state index in [0.29, 0.717) is 12.0 Å². The van der Waals surface area contributed by atoms with Gasteiger partial charge < -0.3 is 4.74 Å². The second-order valence-corrected chi connectivity index (χ2v) is 4.56. The molecular weight excluding hydrogens is 176 g/mol. The van der Waals surface area contributed by atoms with Crippen molar-refractivity contribution in [1.29, 1.82) is 0 Å². The largest absolute Gasteiger partial charge is 0.377 e. The number of hydrogen-bond donors (Lipinski definition) is 2. The molecule has 0 saturated heterocycles. The monoisotopic (exact) mass is 200 g/mol. The Bertz CT molecular complexity index is 163. The lowest BCUT2D eigenvalue weighted by Gasteiger charge is -2.38. The number of nitrogens with two attached hydrogens (primary N) is 1. The zero-order chi connectivity index (χ0) is 10.6. The van der Waals surface area contributed by atoms with E-state index < -0.39 is 0 Å². The first-order chi connectivity index (χ1) is 6.68. The average Bonchev–Trinajstić information content (AvgIpc) is 2.72. The van der Waals surface area contributed by atoms with Crippen LogP contribution in [-0.4, -0.2) is 18.8 Å². The van der Waals surface area contributed by atoms with Crippen molar-refractivity contribution < 1.29 is 4.74 Å². The molecule has 0 bridgehead atoms. The van der Waals surface area contributed by atoms with Crippen molar-refractivity contribution in [2.45, 2.75) is 57.6 Å². The number of hydrogen-bond acceptors (Lipinski definition) is 3. The standard InChI is InChI=1S/C11H24N2O/c1-4-11(2,14-3)10(13-12)9-7-5-6-8-9/h9-10,13H,4-8,12H2,1-3H3. The van der Waals surface area contributed by atoms with Gasteiger partial charge in [-0.15, -0.1) is 0 Å². The minimum atomic E-state index is -0.121. The van der Waals surface area contributed by atoms with Crippen molar-refractivity contribution in [2.75, 3.05) is 7.11 Å². The minimum absolute atomic E-state index is 0.121. The Labute approximate surface area is 87.4 Å². The zero-order valence-electron chi connectivity index (χ0n) is 9.68. The van der Waals surface area contributed by atoms with Crippen molar-refractivity contribution in [1.82, 2.24) is 5.43 Å². The highest BCUT2D eigenvalue weighted by molar-refractivity contribution is 4.93. The van der Waals surface area contributed by atoms with E-state index in [9.17, 15) is 0 Å². The number of methoxy groups -OCH3 is 1. The van der Waals surface area contributed by atoms with Crippen molar-refractivity contribution in [2.24, 2.45) is 11.8 Å². The van der Waals surface area contributed by atoms with Crippen LogP contribution in [0.2, 0.25) is 0 Å². The van der Waals surface area contributed by atoms with E-state index in [1.807, 2.05) is 0 Å². The Kier molecular flexibility index (Phi) is 4.35. The summed E-state index contributed by atoms with van der Waals surface area (Å²) in [4.78, 5) is 0. The van der Waals surface area contributed by atoms with Gasteiger partial charge in [0, 0.05) is 7.11 Å². The Morgan fingerprint density at radius 2 is 2.07 bits per heavy atom. The summed E-state index contributed by atoms with van der Waals surface area (Å²) in [7, 11) is 1.78. The van der Waals surface area contributed by atoms with Crippen LogP contribution in [0.1, 0.15) is 46.0 Å². The van der Waals surface area contributed by atoms with Crippen LogP contribution in [0.5, 0.6) is 0 Å². The maximum atomic E-state index is 5.66. The predicted octanol–water partition coefficient (Wildman–Crippen LogP) is 1.82. The summed E-state index contributed by atoms with van der Waals surface area (Å²) < 4.78 is 5.61. The summed E-state index contributed by atoms with van der Waals surface area (Å²) in [6, 6.07) is 0.292. The second-order valence-electron chi connectivity index (χ2n) is 4.56. The molecule has 84 valence electrons. The quantitative estimate of drug-likeness (QED) is 0.526. The van der Waals surface area contributed by atoms with Crippen molar-refractivity contribution in [3.63, 3.8) is 0 Å². The Hall–Kier alpha value is -0.120. The number of hydrazine groups is 1. The van der Waals surface area contributed by atoms with E-state index in [-0.39, 0.29) is 5.60 Å². The van der Waals surface area contributed by atoms with Crippen LogP contribution >= 0.6 is 0 Å². The van der Waals surface area contributed by atoms with Gasteiger partial charge in [0.2, 0.25) is 0 Å². The molecule has 0 aromatic rings. The lowest BCUT2D eigenvalue weighted by atomic mass is 9.83. The van der Waals surface area contributed by atoms with Gasteiger partial charge in [-0.1, -0.05) is 19.8 Å². The third-order valence-corrected chi connectivity index (χ3v) is 3.88. The molecule has 3 N–H and O–H groups in total. The Morgan fingerprint density at radius 3 is 2.43 bits per heavy atom. The highest BCUT2D eigenvalue weighted by Gasteiger charge is 2.38. The van der Waals surface area contributed by atoms with Gasteiger partial charge in [-0.2, -0.15) is 0 Å². The first kappa shape index (κ1) is 12.0. The van der Waals surface area contributed by atoms with Crippen LogP contribution in [-0.2, 0) is 4.74 Å². The molecule has 0 radical (unpaired) electrons. The molecule has 0 amide bonds. The van der Waals surface area contributed by atoms with Crippen molar-refractivity contribution in [3.8, 4) is 0 Å². The summed E-state index contributed by atoms with van der Waals surface area (Å²) in [5.74, 6) is 6.34. The van der Waals surface area contributed by atoms with Gasteiger partial charge in [-0.05, 0) is 32.1 Å². The molecule has 0 heterocycles. The summed E-state index contributed by atoms with van der Waals surface area (Å²) >= 11 is 0. The van der Waals surface area contributed by atoms with Gasteiger partial charge in [0.05, 0.1) is 11.6 Å². The first-order valence-corrected chi connectivity index (χ1v) is 5.69. The molecule has 0 aliphatic heterocycles. The topological polar surface area (TPSA) is 47.3 Å². The van der Waals surface area contributed by atoms with Crippen LogP contribution in [0.4, 0.5) is 0 Å². The van der Waals surface area contributed by atoms with E-state index in [1.54, 1.807) is 7.11 Å². The van der Waals surface area contributed by atoms with Crippen LogP contribution in [0, 0.1) is 5.92 Å². The first-order valence-electron chi connectivity index (χ1n) is 5.69. The second kappa shape index (κ2) is 5.10. The fourth-order valence-electron chi connectivity index (χ4n) is 2.59. The lowest BCUT2D eigenvalue weighted by molar-refractivity contribution is -0.0448. The van der Waals surface area contributed by atoms with Crippen LogP contribution in [0.15, 0.2) is 0 Å². The van der Waals surface area contributed by atoms with Gasteiger partial charge >= 0.3 is 0 Å². The predicted molar refractivity (Wildman–Crippen MR) is 58.8 cm³/mol. The molecule has 3 heteroatoms. The molecule has 14 heavy (non-hydrogen) atoms. The van der Waals surface area contributed by atoms with Gasteiger partial charge in [0.1, 0.15) is 0 Å². The van der Waals surface area contributed by atoms with Gasteiger partial charge in [-0.25, -0.2) is 0 Å². The van der Waals surface area contributed by atoms with Gasteiger partial charge in [0.15, 0.2) is 0 Å². The normalized spacial score (nSPS) is 24.9.